The van der Waals surface area contributed by atoms with Gasteiger partial charge in [-0.25, -0.2) is 14.6 Å². The third-order valence-corrected chi connectivity index (χ3v) is 6.86. The number of hydrogen-bond acceptors (Lipinski definition) is 10. The van der Waals surface area contributed by atoms with Gasteiger partial charge in [-0.15, -0.1) is 11.3 Å². The predicted molar refractivity (Wildman–Crippen MR) is 148 cm³/mol. The van der Waals surface area contributed by atoms with Gasteiger partial charge in [-0.2, -0.15) is 0 Å². The standard InChI is InChI=1S/C28H28N4O6S/c1-5-37-26(33)23-16(3)29-17(4)24(27(34)38-6-2)25(23)19-8-7-9-20(14-19)30-28-31-22(15-39-28)18-10-12-21(13-11-18)32(35)36/h7-15,25,29H,5-6H2,1-4H3,(H,30,31). The highest BCUT2D eigenvalue weighted by molar-refractivity contribution is 7.14. The summed E-state index contributed by atoms with van der Waals surface area (Å²) >= 11 is 1.38. The number of rotatable bonds is 9. The summed E-state index contributed by atoms with van der Waals surface area (Å²) < 4.78 is 10.7. The molecular formula is C28H28N4O6S. The Kier molecular flexibility index (Phi) is 8.40. The minimum absolute atomic E-state index is 0.0139. The number of anilines is 2. The van der Waals surface area contributed by atoms with Crippen LogP contribution < -0.4 is 10.6 Å². The highest BCUT2D eigenvalue weighted by Gasteiger charge is 2.38. The van der Waals surface area contributed by atoms with Crippen LogP contribution in [-0.2, 0) is 19.1 Å². The molecule has 3 aromatic rings. The molecule has 1 aliphatic heterocycles. The summed E-state index contributed by atoms with van der Waals surface area (Å²) in [6.45, 7) is 7.42. The summed E-state index contributed by atoms with van der Waals surface area (Å²) in [5.41, 5.74) is 4.77. The minimum atomic E-state index is -0.696. The van der Waals surface area contributed by atoms with Gasteiger partial charge in [0.15, 0.2) is 5.13 Å². The van der Waals surface area contributed by atoms with Crippen molar-refractivity contribution in [1.29, 1.82) is 0 Å². The highest BCUT2D eigenvalue weighted by atomic mass is 32.1. The lowest BCUT2D eigenvalue weighted by atomic mass is 9.80. The molecule has 1 aromatic heterocycles. The molecule has 2 N–H and O–H groups in total. The van der Waals surface area contributed by atoms with E-state index in [9.17, 15) is 19.7 Å². The maximum atomic E-state index is 13.0. The Hall–Kier alpha value is -4.51. The monoisotopic (exact) mass is 548 g/mol. The fourth-order valence-corrected chi connectivity index (χ4v) is 5.16. The number of esters is 2. The van der Waals surface area contributed by atoms with E-state index in [0.717, 1.165) is 5.56 Å². The highest BCUT2D eigenvalue weighted by Crippen LogP contribution is 2.40. The molecule has 4 rings (SSSR count). The number of non-ortho nitro benzene ring substituents is 1. The molecule has 0 atom stereocenters. The van der Waals surface area contributed by atoms with Crippen molar-refractivity contribution in [2.24, 2.45) is 0 Å². The first-order valence-electron chi connectivity index (χ1n) is 12.3. The number of carbonyl (C=O) groups excluding carboxylic acids is 2. The van der Waals surface area contributed by atoms with E-state index in [-0.39, 0.29) is 18.9 Å². The van der Waals surface area contributed by atoms with Crippen LogP contribution >= 0.6 is 11.3 Å². The number of nitrogens with one attached hydrogen (secondary N) is 2. The number of nitro benzene ring substituents is 1. The van der Waals surface area contributed by atoms with E-state index >= 15 is 0 Å². The molecule has 0 saturated carbocycles. The number of dihydropyridines is 1. The summed E-state index contributed by atoms with van der Waals surface area (Å²) in [5, 5.41) is 19.8. The van der Waals surface area contributed by atoms with E-state index < -0.39 is 22.8 Å². The Morgan fingerprint density at radius 2 is 1.64 bits per heavy atom. The third kappa shape index (κ3) is 5.99. The van der Waals surface area contributed by atoms with Crippen LogP contribution in [0.15, 0.2) is 76.5 Å². The van der Waals surface area contributed by atoms with E-state index in [4.69, 9.17) is 9.47 Å². The second kappa shape index (κ2) is 11.9. The number of aromatic nitrogens is 1. The topological polar surface area (TPSA) is 133 Å². The zero-order valence-corrected chi connectivity index (χ0v) is 22.8. The number of nitrogens with zero attached hydrogens (tertiary/aromatic N) is 2. The van der Waals surface area contributed by atoms with E-state index in [1.807, 2.05) is 29.6 Å². The molecule has 0 fully saturated rings. The summed E-state index contributed by atoms with van der Waals surface area (Å²) in [6, 6.07) is 13.6. The van der Waals surface area contributed by atoms with Crippen LogP contribution in [0.4, 0.5) is 16.5 Å². The fraction of sp³-hybridized carbons (Fsp3) is 0.250. The van der Waals surface area contributed by atoms with Crippen LogP contribution in [0.5, 0.6) is 0 Å². The largest absolute Gasteiger partial charge is 0.463 e. The molecule has 0 amide bonds. The van der Waals surface area contributed by atoms with Gasteiger partial charge in [0.1, 0.15) is 0 Å². The second-order valence-electron chi connectivity index (χ2n) is 8.67. The van der Waals surface area contributed by atoms with Gasteiger partial charge >= 0.3 is 11.9 Å². The molecule has 11 heteroatoms. The van der Waals surface area contributed by atoms with Crippen molar-refractivity contribution in [3.8, 4) is 11.3 Å². The van der Waals surface area contributed by atoms with Gasteiger partial charge in [-0.1, -0.05) is 12.1 Å². The summed E-state index contributed by atoms with van der Waals surface area (Å²) in [6.07, 6.45) is 0. The van der Waals surface area contributed by atoms with Crippen LogP contribution in [-0.4, -0.2) is 35.1 Å². The van der Waals surface area contributed by atoms with Gasteiger partial charge in [0.05, 0.1) is 40.9 Å². The molecule has 2 heterocycles. The van der Waals surface area contributed by atoms with Gasteiger partial charge in [0, 0.05) is 40.2 Å². The molecule has 0 bridgehead atoms. The number of carbonyl (C=O) groups is 2. The Labute approximate surface area is 229 Å². The maximum Gasteiger partial charge on any atom is 0.336 e. The quantitative estimate of drug-likeness (QED) is 0.193. The number of ether oxygens (including phenoxy) is 2. The molecule has 10 nitrogen and oxygen atoms in total. The first-order chi connectivity index (χ1) is 18.7. The third-order valence-electron chi connectivity index (χ3n) is 6.10. The van der Waals surface area contributed by atoms with Crippen LogP contribution in [0, 0.1) is 10.1 Å². The molecule has 0 saturated heterocycles. The van der Waals surface area contributed by atoms with Crippen LogP contribution in [0.3, 0.4) is 0 Å². The van der Waals surface area contributed by atoms with Gasteiger partial charge in [0.25, 0.3) is 5.69 Å². The SMILES string of the molecule is CCOC(=O)C1=C(C)NC(C)=C(C(=O)OCC)C1c1cccc(Nc2nc(-c3ccc([N+](=O)[O-])cc3)cs2)c1. The van der Waals surface area contributed by atoms with Crippen molar-refractivity contribution in [3.05, 3.63) is 92.1 Å². The van der Waals surface area contributed by atoms with Gasteiger partial charge < -0.3 is 20.1 Å². The molecule has 39 heavy (non-hydrogen) atoms. The molecule has 1 aliphatic rings. The zero-order chi connectivity index (χ0) is 28.1. The predicted octanol–water partition coefficient (Wildman–Crippen LogP) is 5.82. The molecule has 0 aliphatic carbocycles. The van der Waals surface area contributed by atoms with Crippen LogP contribution in [0.2, 0.25) is 0 Å². The molecule has 0 radical (unpaired) electrons. The fourth-order valence-electron chi connectivity index (χ4n) is 4.42. The van der Waals surface area contributed by atoms with Gasteiger partial charge in [-0.05, 0) is 57.5 Å². The van der Waals surface area contributed by atoms with Crippen LogP contribution in [0.1, 0.15) is 39.2 Å². The van der Waals surface area contributed by atoms with E-state index in [2.05, 4.69) is 15.6 Å². The van der Waals surface area contributed by atoms with E-state index in [0.29, 0.717) is 44.6 Å². The molecule has 0 unspecified atom stereocenters. The summed E-state index contributed by atoms with van der Waals surface area (Å²) in [7, 11) is 0. The Balaban J connectivity index is 1.67. The summed E-state index contributed by atoms with van der Waals surface area (Å²) in [5.74, 6) is -1.71. The number of allylic oxidation sites excluding steroid dienone is 2. The normalized spacial score (nSPS) is 13.6. The van der Waals surface area contributed by atoms with Crippen molar-refractivity contribution in [3.63, 3.8) is 0 Å². The average molecular weight is 549 g/mol. The van der Waals surface area contributed by atoms with Gasteiger partial charge in [0.2, 0.25) is 0 Å². The van der Waals surface area contributed by atoms with Crippen molar-refractivity contribution >= 4 is 39.8 Å². The maximum absolute atomic E-state index is 13.0. The summed E-state index contributed by atoms with van der Waals surface area (Å²) in [4.78, 5) is 41.2. The Bertz CT molecular complexity index is 1440. The lowest BCUT2D eigenvalue weighted by Crippen LogP contribution is -2.32. The smallest absolute Gasteiger partial charge is 0.336 e. The van der Waals surface area contributed by atoms with Crippen molar-refractivity contribution in [2.45, 2.75) is 33.6 Å². The number of hydrogen-bond donors (Lipinski definition) is 2. The van der Waals surface area contributed by atoms with Crippen molar-refractivity contribution in [2.75, 3.05) is 18.5 Å². The Morgan fingerprint density at radius 3 is 2.21 bits per heavy atom. The van der Waals surface area contributed by atoms with Crippen molar-refractivity contribution in [1.82, 2.24) is 10.3 Å². The number of nitro groups is 1. The average Bonchev–Trinajstić information content (AvgIpc) is 3.37. The first kappa shape index (κ1) is 27.5. The second-order valence-corrected chi connectivity index (χ2v) is 9.53. The molecule has 0 spiro atoms. The number of benzene rings is 2. The van der Waals surface area contributed by atoms with Gasteiger partial charge in [-0.3, -0.25) is 10.1 Å². The zero-order valence-electron chi connectivity index (χ0n) is 21.9. The lowest BCUT2D eigenvalue weighted by molar-refractivity contribution is -0.384. The van der Waals surface area contributed by atoms with E-state index in [1.165, 1.54) is 23.5 Å². The first-order valence-corrected chi connectivity index (χ1v) is 13.2. The lowest BCUT2D eigenvalue weighted by Gasteiger charge is -2.30. The number of thiazole rings is 1. The van der Waals surface area contributed by atoms with Crippen molar-refractivity contribution < 1.29 is 24.0 Å². The molecule has 2 aromatic carbocycles. The van der Waals surface area contributed by atoms with E-state index in [1.54, 1.807) is 39.8 Å². The molecule has 202 valence electrons. The minimum Gasteiger partial charge on any atom is -0.463 e. The molecular weight excluding hydrogens is 520 g/mol. The van der Waals surface area contributed by atoms with Crippen LogP contribution in [0.25, 0.3) is 11.3 Å². The Morgan fingerprint density at radius 1 is 1.03 bits per heavy atom.